The molecule has 0 heterocycles. The molecular weight excluding hydrogens is 343 g/mol. The van der Waals surface area contributed by atoms with Crippen molar-refractivity contribution in [2.75, 3.05) is 0 Å². The van der Waals surface area contributed by atoms with Crippen LogP contribution in [0.5, 0.6) is 0 Å². The third kappa shape index (κ3) is 2.62. The van der Waals surface area contributed by atoms with Crippen LogP contribution in [0.2, 0.25) is 0 Å². The predicted molar refractivity (Wildman–Crippen MR) is 102 cm³/mol. The molecule has 4 aliphatic carbocycles. The molecule has 4 rings (SSSR count). The van der Waals surface area contributed by atoms with Crippen LogP contribution >= 0.6 is 0 Å². The van der Waals surface area contributed by atoms with Crippen molar-refractivity contribution in [3.63, 3.8) is 0 Å². The lowest BCUT2D eigenvalue weighted by Crippen LogP contribution is -2.58. The molecule has 0 aromatic heterocycles. The second-order valence-corrected chi connectivity index (χ2v) is 9.74. The van der Waals surface area contributed by atoms with Gasteiger partial charge in [-0.3, -0.25) is 9.59 Å². The number of Topliss-reactive ketones (excluding diaryl/α,β-unsaturated/α-hetero) is 1. The summed E-state index contributed by atoms with van der Waals surface area (Å²) >= 11 is 0. The van der Waals surface area contributed by atoms with E-state index in [0.29, 0.717) is 30.6 Å². The lowest BCUT2D eigenvalue weighted by Gasteiger charge is -2.59. The molecule has 3 nitrogen and oxygen atoms in total. The second-order valence-electron chi connectivity index (χ2n) is 9.74. The van der Waals surface area contributed by atoms with Gasteiger partial charge in [-0.25, -0.2) is 4.39 Å². The van der Waals surface area contributed by atoms with Gasteiger partial charge >= 0.3 is 0 Å². The third-order valence-corrected chi connectivity index (χ3v) is 8.36. The molecule has 4 heteroatoms. The number of ketones is 2. The molecule has 0 saturated heterocycles. The van der Waals surface area contributed by atoms with Crippen LogP contribution < -0.4 is 0 Å². The van der Waals surface area contributed by atoms with Gasteiger partial charge in [-0.2, -0.15) is 0 Å². The van der Waals surface area contributed by atoms with Crippen molar-refractivity contribution >= 4 is 11.6 Å². The summed E-state index contributed by atoms with van der Waals surface area (Å²) in [7, 11) is 0. The van der Waals surface area contributed by atoms with Gasteiger partial charge in [0, 0.05) is 23.7 Å². The van der Waals surface area contributed by atoms with Gasteiger partial charge in [-0.1, -0.05) is 26.8 Å². The summed E-state index contributed by atoms with van der Waals surface area (Å²) in [6, 6.07) is 0. The number of fused-ring (bicyclic) bond motifs is 5. The summed E-state index contributed by atoms with van der Waals surface area (Å²) in [6.07, 6.45) is 7.28. The van der Waals surface area contributed by atoms with Crippen LogP contribution in [0.1, 0.15) is 59.3 Å². The molecule has 4 aliphatic rings. The first kappa shape index (κ1) is 19.0. The number of aliphatic hydroxyl groups excluding tert-OH is 1. The maximum absolute atomic E-state index is 15.2. The van der Waals surface area contributed by atoms with Crippen LogP contribution in [0.15, 0.2) is 23.8 Å². The van der Waals surface area contributed by atoms with E-state index >= 15 is 4.39 Å². The van der Waals surface area contributed by atoms with E-state index in [1.54, 1.807) is 0 Å². The number of carbonyl (C=O) groups excluding carboxylic acids is 2. The number of carbonyl (C=O) groups is 2. The zero-order chi connectivity index (χ0) is 19.6. The van der Waals surface area contributed by atoms with Crippen molar-refractivity contribution in [2.24, 2.45) is 34.5 Å². The minimum absolute atomic E-state index is 0.00988. The van der Waals surface area contributed by atoms with E-state index in [1.807, 2.05) is 19.9 Å². The Balaban J connectivity index is 1.71. The number of hydrogen-bond donors (Lipinski definition) is 1. The molecule has 3 fully saturated rings. The average molecular weight is 374 g/mol. The molecule has 0 spiro atoms. The topological polar surface area (TPSA) is 54.4 Å². The largest absolute Gasteiger partial charge is 0.393 e. The molecule has 0 aromatic rings. The summed E-state index contributed by atoms with van der Waals surface area (Å²) in [5.41, 5.74) is -0.309. The Hall–Kier alpha value is -1.29. The zero-order valence-electron chi connectivity index (χ0n) is 16.6. The van der Waals surface area contributed by atoms with Gasteiger partial charge in [0.05, 0.1) is 6.10 Å². The Morgan fingerprint density at radius 1 is 1.33 bits per heavy atom. The van der Waals surface area contributed by atoms with Crippen LogP contribution in [-0.4, -0.2) is 28.9 Å². The number of alkyl halides is 1. The quantitative estimate of drug-likeness (QED) is 0.805. The molecule has 7 unspecified atom stereocenters. The normalized spacial score (nSPS) is 48.5. The first-order valence-electron chi connectivity index (χ1n) is 10.5. The molecule has 0 bridgehead atoms. The molecule has 3 saturated carbocycles. The van der Waals surface area contributed by atoms with Crippen molar-refractivity contribution in [3.8, 4) is 0 Å². The van der Waals surface area contributed by atoms with E-state index in [1.165, 1.54) is 12.2 Å². The van der Waals surface area contributed by atoms with Gasteiger partial charge in [-0.15, -0.1) is 0 Å². The van der Waals surface area contributed by atoms with Crippen molar-refractivity contribution in [2.45, 2.75) is 71.6 Å². The Morgan fingerprint density at radius 2 is 2.07 bits per heavy atom. The number of allylic oxidation sites excluding steroid dienone is 4. The monoisotopic (exact) mass is 374 g/mol. The summed E-state index contributed by atoms with van der Waals surface area (Å²) in [5, 5.41) is 11.2. The Bertz CT molecular complexity index is 725. The first-order chi connectivity index (χ1) is 12.7. The van der Waals surface area contributed by atoms with Crippen LogP contribution in [0, 0.1) is 34.5 Å². The van der Waals surface area contributed by atoms with Crippen molar-refractivity contribution < 1.29 is 19.1 Å². The lowest BCUT2D eigenvalue weighted by molar-refractivity contribution is -0.142. The minimum Gasteiger partial charge on any atom is -0.393 e. The fraction of sp³-hybridized carbons (Fsp3) is 0.739. The fourth-order valence-electron chi connectivity index (χ4n) is 7.28. The highest BCUT2D eigenvalue weighted by Crippen LogP contribution is 2.66. The molecule has 0 amide bonds. The van der Waals surface area contributed by atoms with Gasteiger partial charge in [-0.05, 0) is 67.1 Å². The van der Waals surface area contributed by atoms with Crippen molar-refractivity contribution in [1.82, 2.24) is 0 Å². The van der Waals surface area contributed by atoms with Crippen LogP contribution in [0.3, 0.4) is 0 Å². The van der Waals surface area contributed by atoms with E-state index in [0.717, 1.165) is 19.3 Å². The number of aliphatic hydroxyl groups is 1. The highest BCUT2D eigenvalue weighted by molar-refractivity contribution is 6.01. The average Bonchev–Trinajstić information content (AvgIpc) is 2.93. The molecule has 0 aromatic carbocycles. The molecule has 27 heavy (non-hydrogen) atoms. The van der Waals surface area contributed by atoms with Crippen molar-refractivity contribution in [1.29, 1.82) is 0 Å². The fourth-order valence-corrected chi connectivity index (χ4v) is 7.28. The van der Waals surface area contributed by atoms with Gasteiger partial charge in [0.1, 0.15) is 12.0 Å². The summed E-state index contributed by atoms with van der Waals surface area (Å²) in [4.78, 5) is 24.6. The SMILES string of the molecule is CCCC(=O)C1CCC2C3C[C@H](F)C4=CC(=O)C=CC4(C)C3C(O)CC12C. The van der Waals surface area contributed by atoms with Gasteiger partial charge in [0.25, 0.3) is 0 Å². The third-order valence-electron chi connectivity index (χ3n) is 8.36. The van der Waals surface area contributed by atoms with Crippen LogP contribution in [-0.2, 0) is 9.59 Å². The maximum atomic E-state index is 15.2. The molecule has 0 radical (unpaired) electrons. The van der Waals surface area contributed by atoms with E-state index in [9.17, 15) is 14.7 Å². The highest BCUT2D eigenvalue weighted by Gasteiger charge is 2.63. The van der Waals surface area contributed by atoms with Crippen LogP contribution in [0.25, 0.3) is 0 Å². The Labute approximate surface area is 161 Å². The molecule has 8 atom stereocenters. The summed E-state index contributed by atoms with van der Waals surface area (Å²) < 4.78 is 15.2. The van der Waals surface area contributed by atoms with Gasteiger partial charge in [0.2, 0.25) is 0 Å². The first-order valence-corrected chi connectivity index (χ1v) is 10.5. The van der Waals surface area contributed by atoms with E-state index in [-0.39, 0.29) is 34.9 Å². The summed E-state index contributed by atoms with van der Waals surface area (Å²) in [5.74, 6) is 0.371. The molecule has 0 aliphatic heterocycles. The van der Waals surface area contributed by atoms with E-state index < -0.39 is 17.7 Å². The van der Waals surface area contributed by atoms with Gasteiger partial charge < -0.3 is 5.11 Å². The molecule has 148 valence electrons. The van der Waals surface area contributed by atoms with E-state index in [2.05, 4.69) is 6.92 Å². The van der Waals surface area contributed by atoms with Gasteiger partial charge in [0.15, 0.2) is 5.78 Å². The number of halogens is 1. The molecular formula is C23H31FO3. The molecule has 1 N–H and O–H groups in total. The smallest absolute Gasteiger partial charge is 0.178 e. The maximum Gasteiger partial charge on any atom is 0.178 e. The summed E-state index contributed by atoms with van der Waals surface area (Å²) in [6.45, 7) is 6.16. The highest BCUT2D eigenvalue weighted by atomic mass is 19.1. The lowest BCUT2D eigenvalue weighted by atomic mass is 9.46. The predicted octanol–water partition coefficient (Wildman–Crippen LogP) is 4.20. The van der Waals surface area contributed by atoms with E-state index in [4.69, 9.17) is 0 Å². The number of hydrogen-bond acceptors (Lipinski definition) is 3. The Morgan fingerprint density at radius 3 is 2.78 bits per heavy atom. The van der Waals surface area contributed by atoms with Crippen molar-refractivity contribution in [3.05, 3.63) is 23.8 Å². The zero-order valence-corrected chi connectivity index (χ0v) is 16.6. The minimum atomic E-state index is -1.15. The standard InChI is InChI=1S/C23H31FO3/c1-4-5-19(26)16-7-6-15-14-11-18(24)17-10-13(25)8-9-22(17,2)21(14)20(27)12-23(15,16)3/h8-10,14-16,18,20-21,27H,4-7,11-12H2,1-3H3/t14?,15?,16?,18-,20?,21?,22?,23?/m0/s1. The van der Waals surface area contributed by atoms with Crippen LogP contribution in [0.4, 0.5) is 4.39 Å². The number of rotatable bonds is 3. The second kappa shape index (κ2) is 6.37. The Kier molecular flexibility index (Phi) is 4.49.